The average molecular weight is 331 g/mol. The molecular formula is C12H17N3O4S2. The molecule has 2 heterocycles. The summed E-state index contributed by atoms with van der Waals surface area (Å²) in [7, 11) is 0. The molecule has 0 aliphatic carbocycles. The maximum absolute atomic E-state index is 12.1. The minimum absolute atomic E-state index is 0.0403. The highest BCUT2D eigenvalue weighted by molar-refractivity contribution is 8.01. The Balaban J connectivity index is 2.20. The molecule has 0 spiro atoms. The van der Waals surface area contributed by atoms with Crippen molar-refractivity contribution in [3.8, 4) is 0 Å². The van der Waals surface area contributed by atoms with Gasteiger partial charge in [0.15, 0.2) is 0 Å². The number of β-lactam (4-membered cyclic amide) rings is 1. The minimum Gasteiger partial charge on any atom is -0.477 e. The number of nitrogens with two attached hydrogens (primary N) is 1. The van der Waals surface area contributed by atoms with Gasteiger partial charge in [-0.2, -0.15) is 0 Å². The number of fused-ring (bicyclic) bond motifs is 1. The van der Waals surface area contributed by atoms with E-state index in [4.69, 9.17) is 5.73 Å². The predicted molar refractivity (Wildman–Crippen MR) is 81.5 cm³/mol. The van der Waals surface area contributed by atoms with Crippen LogP contribution in [0.5, 0.6) is 0 Å². The Morgan fingerprint density at radius 3 is 2.81 bits per heavy atom. The maximum Gasteiger partial charge on any atom is 0.352 e. The number of rotatable bonds is 5. The SMILES string of the molecule is CC(=O)NC1C(=O)N2C(C(=O)O)=C(CSC(C)N)CSC12. The van der Waals surface area contributed by atoms with E-state index in [2.05, 4.69) is 5.32 Å². The fraction of sp³-hybridized carbons (Fsp3) is 0.583. The van der Waals surface area contributed by atoms with Crippen molar-refractivity contribution in [3.05, 3.63) is 11.3 Å². The van der Waals surface area contributed by atoms with Crippen molar-refractivity contribution >= 4 is 41.3 Å². The third-order valence-electron chi connectivity index (χ3n) is 3.13. The second-order valence-corrected chi connectivity index (χ2v) is 7.33. The summed E-state index contributed by atoms with van der Waals surface area (Å²) < 4.78 is 0. The first-order valence-corrected chi connectivity index (χ1v) is 8.47. The van der Waals surface area contributed by atoms with Crippen LogP contribution < -0.4 is 11.1 Å². The molecule has 0 aromatic heterocycles. The van der Waals surface area contributed by atoms with E-state index < -0.39 is 12.0 Å². The molecule has 0 aromatic carbocycles. The van der Waals surface area contributed by atoms with Crippen molar-refractivity contribution in [1.82, 2.24) is 10.2 Å². The second kappa shape index (κ2) is 6.29. The van der Waals surface area contributed by atoms with Gasteiger partial charge in [-0.1, -0.05) is 0 Å². The number of carboxylic acids is 1. The van der Waals surface area contributed by atoms with E-state index in [0.29, 0.717) is 17.1 Å². The summed E-state index contributed by atoms with van der Waals surface area (Å²) >= 11 is 2.90. The molecule has 3 unspecified atom stereocenters. The molecule has 2 aliphatic rings. The number of carbonyl (C=O) groups is 3. The molecule has 2 rings (SSSR count). The van der Waals surface area contributed by atoms with Gasteiger partial charge in [0.1, 0.15) is 17.1 Å². The molecule has 21 heavy (non-hydrogen) atoms. The number of carboxylic acid groups (broad SMARTS) is 1. The van der Waals surface area contributed by atoms with Crippen LogP contribution in [0.2, 0.25) is 0 Å². The third-order valence-corrected chi connectivity index (χ3v) is 5.51. The van der Waals surface area contributed by atoms with E-state index in [9.17, 15) is 19.5 Å². The highest BCUT2D eigenvalue weighted by Crippen LogP contribution is 2.41. The Labute approximate surface area is 130 Å². The van der Waals surface area contributed by atoms with Crippen LogP contribution in [0.15, 0.2) is 11.3 Å². The van der Waals surface area contributed by atoms with E-state index in [-0.39, 0.29) is 28.3 Å². The Morgan fingerprint density at radius 1 is 1.62 bits per heavy atom. The molecule has 0 bridgehead atoms. The van der Waals surface area contributed by atoms with Crippen molar-refractivity contribution in [1.29, 1.82) is 0 Å². The molecule has 1 saturated heterocycles. The van der Waals surface area contributed by atoms with Gasteiger partial charge >= 0.3 is 5.97 Å². The van der Waals surface area contributed by atoms with Crippen molar-refractivity contribution < 1.29 is 19.5 Å². The van der Waals surface area contributed by atoms with Crippen LogP contribution in [0.3, 0.4) is 0 Å². The van der Waals surface area contributed by atoms with Gasteiger partial charge in [0.05, 0.1) is 0 Å². The molecule has 9 heteroatoms. The Bertz CT molecular complexity index is 521. The Kier molecular flexibility index (Phi) is 4.84. The largest absolute Gasteiger partial charge is 0.477 e. The lowest BCUT2D eigenvalue weighted by Gasteiger charge is -2.49. The number of hydrogen-bond acceptors (Lipinski definition) is 6. The molecule has 2 amide bonds. The van der Waals surface area contributed by atoms with Gasteiger partial charge in [0, 0.05) is 23.8 Å². The number of amides is 2. The molecule has 1 fully saturated rings. The molecule has 7 nitrogen and oxygen atoms in total. The molecule has 0 aromatic rings. The summed E-state index contributed by atoms with van der Waals surface area (Å²) in [4.78, 5) is 35.9. The normalized spacial score (nSPS) is 26.0. The number of nitrogens with one attached hydrogen (secondary N) is 1. The highest BCUT2D eigenvalue weighted by atomic mass is 32.2. The summed E-state index contributed by atoms with van der Waals surface area (Å²) in [6, 6.07) is -0.635. The van der Waals surface area contributed by atoms with Gasteiger partial charge in [-0.15, -0.1) is 23.5 Å². The summed E-state index contributed by atoms with van der Waals surface area (Å²) in [5.74, 6) is -0.787. The molecule has 0 saturated carbocycles. The number of hydrogen-bond donors (Lipinski definition) is 3. The summed E-state index contributed by atoms with van der Waals surface area (Å²) in [5, 5.41) is 11.5. The zero-order valence-corrected chi connectivity index (χ0v) is 13.3. The molecule has 0 radical (unpaired) electrons. The predicted octanol–water partition coefficient (Wildman–Crippen LogP) is -0.217. The average Bonchev–Trinajstić information content (AvgIpc) is 2.40. The zero-order valence-electron chi connectivity index (χ0n) is 11.7. The fourth-order valence-corrected chi connectivity index (χ4v) is 4.42. The lowest BCUT2D eigenvalue weighted by molar-refractivity contribution is -0.150. The van der Waals surface area contributed by atoms with E-state index in [1.165, 1.54) is 35.3 Å². The smallest absolute Gasteiger partial charge is 0.352 e. The van der Waals surface area contributed by atoms with Crippen LogP contribution in [0.4, 0.5) is 0 Å². The monoisotopic (exact) mass is 331 g/mol. The summed E-state index contributed by atoms with van der Waals surface area (Å²) in [5.41, 5.74) is 6.40. The first kappa shape index (κ1) is 16.2. The van der Waals surface area contributed by atoms with Gasteiger partial charge in [0.2, 0.25) is 5.91 Å². The molecule has 3 atom stereocenters. The van der Waals surface area contributed by atoms with Crippen LogP contribution in [0.25, 0.3) is 0 Å². The summed E-state index contributed by atoms with van der Waals surface area (Å²) in [6.45, 7) is 3.16. The molecular weight excluding hydrogens is 314 g/mol. The van der Waals surface area contributed by atoms with Gasteiger partial charge in [-0.05, 0) is 12.5 Å². The quantitative estimate of drug-likeness (QED) is 0.471. The van der Waals surface area contributed by atoms with Gasteiger partial charge in [-0.25, -0.2) is 4.79 Å². The minimum atomic E-state index is -1.12. The number of aliphatic carboxylic acids is 1. The van der Waals surface area contributed by atoms with Gasteiger partial charge in [-0.3, -0.25) is 14.5 Å². The topological polar surface area (TPSA) is 113 Å². The second-order valence-electron chi connectivity index (χ2n) is 4.86. The van der Waals surface area contributed by atoms with Crippen LogP contribution in [-0.2, 0) is 14.4 Å². The molecule has 4 N–H and O–H groups in total. The van der Waals surface area contributed by atoms with Crippen LogP contribution in [-0.4, -0.2) is 56.1 Å². The van der Waals surface area contributed by atoms with Crippen molar-refractivity contribution in [2.75, 3.05) is 11.5 Å². The lowest BCUT2D eigenvalue weighted by Crippen LogP contribution is -2.70. The van der Waals surface area contributed by atoms with Crippen LogP contribution >= 0.6 is 23.5 Å². The van der Waals surface area contributed by atoms with Crippen molar-refractivity contribution in [2.45, 2.75) is 30.6 Å². The van der Waals surface area contributed by atoms with Crippen LogP contribution in [0, 0.1) is 0 Å². The van der Waals surface area contributed by atoms with E-state index in [1.807, 2.05) is 6.92 Å². The lowest BCUT2D eigenvalue weighted by atomic mass is 10.0. The Hall–Kier alpha value is -1.19. The van der Waals surface area contributed by atoms with Gasteiger partial charge < -0.3 is 16.2 Å². The van der Waals surface area contributed by atoms with Crippen LogP contribution in [0.1, 0.15) is 13.8 Å². The third kappa shape index (κ3) is 3.19. The summed E-state index contributed by atoms with van der Waals surface area (Å²) in [6.07, 6.45) is 0. The first-order valence-electron chi connectivity index (χ1n) is 6.37. The number of carbonyl (C=O) groups excluding carboxylic acids is 2. The molecule has 116 valence electrons. The number of nitrogens with zero attached hydrogens (tertiary/aromatic N) is 1. The van der Waals surface area contributed by atoms with E-state index in [0.717, 1.165) is 0 Å². The standard InChI is InChI=1S/C12H17N3O4S2/c1-5(13)20-3-7-4-21-11-8(14-6(2)16)10(17)15(11)9(7)12(18)19/h5,8,11H,3-4,13H2,1-2H3,(H,14,16)(H,18,19). The van der Waals surface area contributed by atoms with E-state index in [1.54, 1.807) is 0 Å². The van der Waals surface area contributed by atoms with E-state index >= 15 is 0 Å². The highest BCUT2D eigenvalue weighted by Gasteiger charge is 2.53. The number of thioether (sulfide) groups is 2. The van der Waals surface area contributed by atoms with Gasteiger partial charge in [0.25, 0.3) is 5.91 Å². The first-order chi connectivity index (χ1) is 9.82. The van der Waals surface area contributed by atoms with Crippen molar-refractivity contribution in [3.63, 3.8) is 0 Å². The maximum atomic E-state index is 12.1. The zero-order chi connectivity index (χ0) is 15.7. The van der Waals surface area contributed by atoms with Crippen molar-refractivity contribution in [2.24, 2.45) is 5.73 Å². The molecule has 2 aliphatic heterocycles. The Morgan fingerprint density at radius 2 is 2.29 bits per heavy atom. The fourth-order valence-electron chi connectivity index (χ4n) is 2.25.